The Morgan fingerprint density at radius 1 is 1.38 bits per heavy atom. The molecule has 6 nitrogen and oxygen atoms in total. The van der Waals surface area contributed by atoms with Crippen LogP contribution in [-0.2, 0) is 10.1 Å². The molecule has 0 spiro atoms. The predicted molar refractivity (Wildman–Crippen MR) is 35.7 cm³/mol. The number of rotatable bonds is 2. The minimum absolute atomic E-state index is 0. The van der Waals surface area contributed by atoms with Gasteiger partial charge in [-0.25, -0.2) is 8.42 Å². The summed E-state index contributed by atoms with van der Waals surface area (Å²) in [5.74, 6) is -0.181. The fourth-order valence-corrected chi connectivity index (χ4v) is 0.965. The minimum atomic E-state index is -4.57. The molecule has 0 saturated heterocycles. The van der Waals surface area contributed by atoms with Crippen LogP contribution in [0.2, 0.25) is 0 Å². The molecule has 13 heavy (non-hydrogen) atoms. The molecule has 0 saturated carbocycles. The fourth-order valence-electron chi connectivity index (χ4n) is 0.532. The summed E-state index contributed by atoms with van der Waals surface area (Å²) in [5.41, 5.74) is 0. The van der Waals surface area contributed by atoms with Gasteiger partial charge in [0.15, 0.2) is 22.2 Å². The van der Waals surface area contributed by atoms with Crippen molar-refractivity contribution in [1.29, 1.82) is 0 Å². The van der Waals surface area contributed by atoms with Gasteiger partial charge in [0.05, 0.1) is 0 Å². The largest absolute Gasteiger partial charge is 1.00 e. The molecule has 0 aliphatic rings. The van der Waals surface area contributed by atoms with E-state index >= 15 is 0 Å². The Balaban J connectivity index is 0. The summed E-state index contributed by atoms with van der Waals surface area (Å²) in [5, 5.41) is -0.736. The number of carbonyl (C=O) groups is 1. The van der Waals surface area contributed by atoms with E-state index in [1.807, 2.05) is 0 Å². The molecule has 68 valence electrons. The van der Waals surface area contributed by atoms with Gasteiger partial charge < -0.3 is 14.4 Å². The normalized spacial score (nSPS) is 9.62. The van der Waals surface area contributed by atoms with Crippen LogP contribution in [0.5, 0.6) is 0 Å². The number of hydrogen-bond acceptors (Lipinski definition) is 5. The van der Waals surface area contributed by atoms with Gasteiger partial charge in [-0.3, -0.25) is 4.79 Å². The monoisotopic (exact) mass is 216 g/mol. The molecule has 1 rings (SSSR count). The van der Waals surface area contributed by atoms with Crippen molar-refractivity contribution in [1.82, 2.24) is 0 Å². The van der Waals surface area contributed by atoms with Crippen LogP contribution in [0.1, 0.15) is 10.6 Å². The van der Waals surface area contributed by atoms with E-state index in [-0.39, 0.29) is 40.8 Å². The van der Waals surface area contributed by atoms with Crippen LogP contribution in [0.4, 0.5) is 0 Å². The second-order valence-corrected chi connectivity index (χ2v) is 3.04. The molecule has 2 N–H and O–H groups in total. The third kappa shape index (κ3) is 4.03. The van der Waals surface area contributed by atoms with Gasteiger partial charge >= 0.3 is 29.6 Å². The number of aldehydes is 1. The maximum Gasteiger partial charge on any atom is 1.00 e. The van der Waals surface area contributed by atoms with Gasteiger partial charge in [-0.1, -0.05) is 0 Å². The standard InChI is InChI=1S/C5H4O5S.Na.H2O/c6-3-4-1-2-5(10-4)11(7,8)9;;/h1-3H,(H,7,8,9);;1H2/q;+1;/p-1. The van der Waals surface area contributed by atoms with Crippen LogP contribution < -0.4 is 29.6 Å². The van der Waals surface area contributed by atoms with E-state index in [2.05, 4.69) is 4.42 Å². The first kappa shape index (κ1) is 15.3. The summed E-state index contributed by atoms with van der Waals surface area (Å²) in [7, 11) is -4.57. The molecule has 0 atom stereocenters. The summed E-state index contributed by atoms with van der Waals surface area (Å²) in [6.07, 6.45) is 0.314. The number of carbonyl (C=O) groups excluding carboxylic acids is 1. The summed E-state index contributed by atoms with van der Waals surface area (Å²) < 4.78 is 34.9. The van der Waals surface area contributed by atoms with Gasteiger partial charge in [-0.2, -0.15) is 0 Å². The third-order valence-electron chi connectivity index (χ3n) is 0.965. The van der Waals surface area contributed by atoms with Gasteiger partial charge in [0, 0.05) is 0 Å². The SMILES string of the molecule is O.O=Cc1ccc(S(=O)(=O)[O-])o1.[Na+]. The molecule has 1 aromatic rings. The van der Waals surface area contributed by atoms with Crippen molar-refractivity contribution in [2.75, 3.05) is 0 Å². The van der Waals surface area contributed by atoms with Crippen molar-refractivity contribution in [3.8, 4) is 0 Å². The second-order valence-electron chi connectivity index (χ2n) is 1.73. The summed E-state index contributed by atoms with van der Waals surface area (Å²) in [6, 6.07) is 2.05. The quantitative estimate of drug-likeness (QED) is 0.285. The van der Waals surface area contributed by atoms with Crippen LogP contribution >= 0.6 is 0 Å². The van der Waals surface area contributed by atoms with Gasteiger partial charge in [-0.05, 0) is 12.1 Å². The molecular weight excluding hydrogens is 211 g/mol. The first-order valence-corrected chi connectivity index (χ1v) is 3.96. The first-order valence-electron chi connectivity index (χ1n) is 2.55. The average Bonchev–Trinajstić information content (AvgIpc) is 2.32. The number of hydrogen-bond donors (Lipinski definition) is 0. The first-order chi connectivity index (χ1) is 5.04. The predicted octanol–water partition coefficient (Wildman–Crippen LogP) is -3.82. The molecule has 0 aliphatic carbocycles. The van der Waals surface area contributed by atoms with E-state index in [1.54, 1.807) is 0 Å². The number of furan rings is 1. The minimum Gasteiger partial charge on any atom is -0.742 e. The fraction of sp³-hybridized carbons (Fsp3) is 0. The Kier molecular flexibility index (Phi) is 6.51. The van der Waals surface area contributed by atoms with Crippen LogP contribution in [0.25, 0.3) is 0 Å². The molecule has 1 heterocycles. The van der Waals surface area contributed by atoms with E-state index in [0.717, 1.165) is 12.1 Å². The topological polar surface area (TPSA) is 119 Å². The van der Waals surface area contributed by atoms with Crippen molar-refractivity contribution in [3.05, 3.63) is 17.9 Å². The average molecular weight is 216 g/mol. The van der Waals surface area contributed by atoms with Crippen molar-refractivity contribution in [2.24, 2.45) is 0 Å². The zero-order valence-electron chi connectivity index (χ0n) is 6.68. The van der Waals surface area contributed by atoms with E-state index in [1.165, 1.54) is 0 Å². The van der Waals surface area contributed by atoms with Crippen LogP contribution in [0.3, 0.4) is 0 Å². The molecule has 1 aromatic heterocycles. The molecule has 0 radical (unpaired) electrons. The molecule has 0 aromatic carbocycles. The summed E-state index contributed by atoms with van der Waals surface area (Å²) in [4.78, 5) is 9.96. The van der Waals surface area contributed by atoms with Gasteiger partial charge in [0.2, 0.25) is 5.09 Å². The second kappa shape index (κ2) is 5.53. The molecule has 0 bridgehead atoms. The molecule has 0 amide bonds. The Morgan fingerprint density at radius 2 is 1.92 bits per heavy atom. The molecule has 0 fully saturated rings. The van der Waals surface area contributed by atoms with E-state index in [4.69, 9.17) is 0 Å². The Hall–Kier alpha value is -0.180. The summed E-state index contributed by atoms with van der Waals surface area (Å²) in [6.45, 7) is 0. The molecule has 8 heteroatoms. The van der Waals surface area contributed by atoms with E-state index < -0.39 is 15.2 Å². The Bertz CT molecular complexity index is 366. The summed E-state index contributed by atoms with van der Waals surface area (Å²) >= 11 is 0. The van der Waals surface area contributed by atoms with Gasteiger partial charge in [-0.15, -0.1) is 0 Å². The van der Waals surface area contributed by atoms with E-state index in [9.17, 15) is 17.8 Å². The Morgan fingerprint density at radius 3 is 2.15 bits per heavy atom. The van der Waals surface area contributed by atoms with Crippen molar-refractivity contribution in [3.63, 3.8) is 0 Å². The third-order valence-corrected chi connectivity index (χ3v) is 1.68. The molecule has 0 unspecified atom stereocenters. The van der Waals surface area contributed by atoms with Crippen molar-refractivity contribution < 1.29 is 57.2 Å². The smallest absolute Gasteiger partial charge is 0.742 e. The zero-order chi connectivity index (χ0) is 8.48. The van der Waals surface area contributed by atoms with Crippen LogP contribution in [-0.4, -0.2) is 24.7 Å². The molecule has 0 aliphatic heterocycles. The maximum atomic E-state index is 10.2. The van der Waals surface area contributed by atoms with Gasteiger partial charge in [0.1, 0.15) is 0 Å². The maximum absolute atomic E-state index is 10.2. The van der Waals surface area contributed by atoms with Crippen molar-refractivity contribution >= 4 is 16.4 Å². The van der Waals surface area contributed by atoms with E-state index in [0.29, 0.717) is 6.29 Å². The molecular formula is C5H5NaO6S. The van der Waals surface area contributed by atoms with Crippen molar-refractivity contribution in [2.45, 2.75) is 5.09 Å². The van der Waals surface area contributed by atoms with Crippen LogP contribution in [0, 0.1) is 0 Å². The van der Waals surface area contributed by atoms with Gasteiger partial charge in [0.25, 0.3) is 0 Å². The van der Waals surface area contributed by atoms with Crippen LogP contribution in [0.15, 0.2) is 21.6 Å². The zero-order valence-corrected chi connectivity index (χ0v) is 9.50. The Labute approximate surface area is 96.3 Å².